The van der Waals surface area contributed by atoms with Gasteiger partial charge >= 0.3 is 0 Å². The molecule has 1 aliphatic rings. The van der Waals surface area contributed by atoms with Gasteiger partial charge in [-0.15, -0.1) is 0 Å². The fourth-order valence-electron chi connectivity index (χ4n) is 0.661. The lowest BCUT2D eigenvalue weighted by molar-refractivity contribution is 0.172. The topological polar surface area (TPSA) is 46.2 Å². The first kappa shape index (κ1) is 4.81. The Bertz CT molecular complexity index is 90.1. The lowest BCUT2D eigenvalue weighted by Crippen LogP contribution is -2.28. The molecule has 0 saturated heterocycles. The maximum absolute atomic E-state index is 8.81. The molecule has 1 rings (SSSR count). The fraction of sp³-hybridized carbons (Fsp3) is 0.600. The van der Waals surface area contributed by atoms with Crippen LogP contribution in [0.4, 0.5) is 0 Å². The Morgan fingerprint density at radius 2 is 2.43 bits per heavy atom. The van der Waals surface area contributed by atoms with E-state index in [1.807, 2.05) is 12.2 Å². The first-order valence-electron chi connectivity index (χ1n) is 2.41. The summed E-state index contributed by atoms with van der Waals surface area (Å²) in [6.45, 7) is 0. The van der Waals surface area contributed by atoms with Crippen molar-refractivity contribution in [3.63, 3.8) is 0 Å². The molecule has 0 spiro atoms. The van der Waals surface area contributed by atoms with Gasteiger partial charge in [0.05, 0.1) is 6.10 Å². The molecule has 0 aromatic rings. The van der Waals surface area contributed by atoms with Crippen LogP contribution in [-0.4, -0.2) is 17.3 Å². The van der Waals surface area contributed by atoms with E-state index in [9.17, 15) is 0 Å². The number of nitrogens with two attached hydrogens (primary N) is 1. The van der Waals surface area contributed by atoms with Crippen LogP contribution in [0.1, 0.15) is 6.42 Å². The molecule has 2 nitrogen and oxygen atoms in total. The second-order valence-corrected chi connectivity index (χ2v) is 1.81. The maximum Gasteiger partial charge on any atom is 0.0761 e. The van der Waals surface area contributed by atoms with Crippen molar-refractivity contribution in [2.75, 3.05) is 0 Å². The maximum atomic E-state index is 8.81. The van der Waals surface area contributed by atoms with Crippen molar-refractivity contribution in [1.29, 1.82) is 0 Å². The molecule has 2 atom stereocenters. The molecule has 0 aromatic heterocycles. The van der Waals surface area contributed by atoms with E-state index >= 15 is 0 Å². The summed E-state index contributed by atoms with van der Waals surface area (Å²) in [6.07, 6.45) is 4.13. The average molecular weight is 99.1 g/mol. The largest absolute Gasteiger partial charge is 0.391 e. The van der Waals surface area contributed by atoms with E-state index in [4.69, 9.17) is 10.8 Å². The van der Waals surface area contributed by atoms with E-state index in [2.05, 4.69) is 0 Å². The molecule has 3 N–H and O–H groups in total. The third kappa shape index (κ3) is 0.813. The van der Waals surface area contributed by atoms with Crippen molar-refractivity contribution in [1.82, 2.24) is 0 Å². The Morgan fingerprint density at radius 3 is 2.57 bits per heavy atom. The van der Waals surface area contributed by atoms with E-state index < -0.39 is 0 Å². The fourth-order valence-corrected chi connectivity index (χ4v) is 0.661. The summed E-state index contributed by atoms with van der Waals surface area (Å²) < 4.78 is 0. The Morgan fingerprint density at radius 1 is 1.71 bits per heavy atom. The zero-order chi connectivity index (χ0) is 5.28. The summed E-state index contributed by atoms with van der Waals surface area (Å²) in [7, 11) is 0. The summed E-state index contributed by atoms with van der Waals surface area (Å²) in [5, 5.41) is 8.81. The van der Waals surface area contributed by atoms with Crippen LogP contribution in [0.5, 0.6) is 0 Å². The highest BCUT2D eigenvalue weighted by Gasteiger charge is 2.13. The van der Waals surface area contributed by atoms with E-state index in [0.717, 1.165) is 6.42 Å². The highest BCUT2D eigenvalue weighted by Crippen LogP contribution is 2.06. The third-order valence-corrected chi connectivity index (χ3v) is 1.18. The lowest BCUT2D eigenvalue weighted by Gasteiger charge is -2.04. The number of hydrogen-bond donors (Lipinski definition) is 2. The zero-order valence-corrected chi connectivity index (χ0v) is 4.04. The molecule has 0 unspecified atom stereocenters. The van der Waals surface area contributed by atoms with Crippen molar-refractivity contribution in [2.45, 2.75) is 18.6 Å². The molecule has 7 heavy (non-hydrogen) atoms. The molecule has 0 fully saturated rings. The summed E-state index contributed by atoms with van der Waals surface area (Å²) in [5.41, 5.74) is 5.34. The lowest BCUT2D eigenvalue weighted by atomic mass is 10.2. The van der Waals surface area contributed by atoms with Gasteiger partial charge in [0.15, 0.2) is 0 Å². The Hall–Kier alpha value is -0.340. The molecular weight excluding hydrogens is 90.1 g/mol. The van der Waals surface area contributed by atoms with Gasteiger partial charge in [-0.25, -0.2) is 0 Å². The van der Waals surface area contributed by atoms with E-state index in [1.165, 1.54) is 0 Å². The van der Waals surface area contributed by atoms with E-state index in [0.29, 0.717) is 0 Å². The predicted octanol–water partition coefficient (Wildman–Crippen LogP) is -0.365. The molecule has 0 heterocycles. The van der Waals surface area contributed by atoms with Gasteiger partial charge in [0.2, 0.25) is 0 Å². The van der Waals surface area contributed by atoms with Gasteiger partial charge in [-0.05, 0) is 6.42 Å². The molecule has 1 aliphatic carbocycles. The molecule has 0 amide bonds. The minimum atomic E-state index is -0.319. The van der Waals surface area contributed by atoms with E-state index in [-0.39, 0.29) is 12.1 Å². The molecule has 2 heteroatoms. The van der Waals surface area contributed by atoms with Gasteiger partial charge in [0.25, 0.3) is 0 Å². The van der Waals surface area contributed by atoms with Crippen LogP contribution in [0.15, 0.2) is 12.2 Å². The van der Waals surface area contributed by atoms with E-state index in [1.54, 1.807) is 0 Å². The minimum Gasteiger partial charge on any atom is -0.391 e. The third-order valence-electron chi connectivity index (χ3n) is 1.18. The highest BCUT2D eigenvalue weighted by molar-refractivity contribution is 5.04. The van der Waals surface area contributed by atoms with Gasteiger partial charge in [-0.2, -0.15) is 0 Å². The van der Waals surface area contributed by atoms with Crippen molar-refractivity contribution in [3.8, 4) is 0 Å². The molecule has 0 aliphatic heterocycles. The second kappa shape index (κ2) is 1.64. The SMILES string of the molecule is N[C@@H]1C=CC[C@@H]1O. The molecule has 0 saturated carbocycles. The van der Waals surface area contributed by atoms with Gasteiger partial charge in [0.1, 0.15) is 0 Å². The Kier molecular flexibility index (Phi) is 1.13. The van der Waals surface area contributed by atoms with Crippen LogP contribution in [0.3, 0.4) is 0 Å². The monoisotopic (exact) mass is 99.1 g/mol. The Balaban J connectivity index is 2.45. The number of aliphatic hydroxyl groups excluding tert-OH is 1. The van der Waals surface area contributed by atoms with Crippen LogP contribution in [0.25, 0.3) is 0 Å². The van der Waals surface area contributed by atoms with Crippen LogP contribution in [0, 0.1) is 0 Å². The van der Waals surface area contributed by atoms with Crippen LogP contribution >= 0.6 is 0 Å². The molecule has 0 bridgehead atoms. The van der Waals surface area contributed by atoms with Crippen molar-refractivity contribution >= 4 is 0 Å². The van der Waals surface area contributed by atoms with Crippen LogP contribution in [0.2, 0.25) is 0 Å². The smallest absolute Gasteiger partial charge is 0.0761 e. The molecule has 0 radical (unpaired) electrons. The normalized spacial score (nSPS) is 39.7. The standard InChI is InChI=1S/C5H9NO/c6-4-2-1-3-5(4)7/h1-2,4-5,7H,3,6H2/t4-,5+/m1/s1. The molecule has 40 valence electrons. The summed E-state index contributed by atoms with van der Waals surface area (Å²) >= 11 is 0. The molecular formula is C5H9NO. The van der Waals surface area contributed by atoms with Crippen molar-refractivity contribution in [2.24, 2.45) is 5.73 Å². The summed E-state index contributed by atoms with van der Waals surface area (Å²) in [6, 6.07) is -0.111. The predicted molar refractivity (Wildman–Crippen MR) is 27.7 cm³/mol. The van der Waals surface area contributed by atoms with Gasteiger partial charge in [-0.1, -0.05) is 12.2 Å². The van der Waals surface area contributed by atoms with Gasteiger partial charge in [-0.3, -0.25) is 0 Å². The zero-order valence-electron chi connectivity index (χ0n) is 4.04. The summed E-state index contributed by atoms with van der Waals surface area (Å²) in [4.78, 5) is 0. The van der Waals surface area contributed by atoms with Gasteiger partial charge in [0, 0.05) is 6.04 Å². The summed E-state index contributed by atoms with van der Waals surface area (Å²) in [5.74, 6) is 0. The van der Waals surface area contributed by atoms with Gasteiger partial charge < -0.3 is 10.8 Å². The average Bonchev–Trinajstić information content (AvgIpc) is 1.91. The molecule has 0 aromatic carbocycles. The van der Waals surface area contributed by atoms with Crippen molar-refractivity contribution < 1.29 is 5.11 Å². The Labute approximate surface area is 42.6 Å². The quantitative estimate of drug-likeness (QED) is 0.407. The van der Waals surface area contributed by atoms with Crippen LogP contribution in [-0.2, 0) is 0 Å². The number of rotatable bonds is 0. The first-order valence-corrected chi connectivity index (χ1v) is 2.41. The van der Waals surface area contributed by atoms with Crippen LogP contribution < -0.4 is 5.73 Å². The minimum absolute atomic E-state index is 0.111. The number of aliphatic hydroxyl groups is 1. The first-order chi connectivity index (χ1) is 3.30. The van der Waals surface area contributed by atoms with Crippen molar-refractivity contribution in [3.05, 3.63) is 12.2 Å². The number of hydrogen-bond acceptors (Lipinski definition) is 2. The highest BCUT2D eigenvalue weighted by atomic mass is 16.3. The second-order valence-electron chi connectivity index (χ2n) is 1.81.